The fraction of sp³-hybridized carbons (Fsp3) is 0.917. The maximum absolute atomic E-state index is 12.0. The lowest BCUT2D eigenvalue weighted by Crippen LogP contribution is -2.55. The first-order valence-electron chi connectivity index (χ1n) is 6.17. The molecule has 0 radical (unpaired) electrons. The summed E-state index contributed by atoms with van der Waals surface area (Å²) in [4.78, 5) is 12.0. The lowest BCUT2D eigenvalue weighted by atomic mass is 9.95. The van der Waals surface area contributed by atoms with Gasteiger partial charge in [-0.05, 0) is 33.1 Å². The third-order valence-electron chi connectivity index (χ3n) is 3.11. The fourth-order valence-corrected chi connectivity index (χ4v) is 2.11. The molecule has 5 heteroatoms. The van der Waals surface area contributed by atoms with Gasteiger partial charge in [0.2, 0.25) is 5.91 Å². The zero-order valence-electron chi connectivity index (χ0n) is 11.0. The second-order valence-corrected chi connectivity index (χ2v) is 5.04. The summed E-state index contributed by atoms with van der Waals surface area (Å²) in [7, 11) is 0. The van der Waals surface area contributed by atoms with Gasteiger partial charge in [-0.25, -0.2) is 0 Å². The summed E-state index contributed by atoms with van der Waals surface area (Å²) in [6.07, 6.45) is 3.64. The number of amides is 1. The zero-order valence-corrected chi connectivity index (χ0v) is 11.8. The van der Waals surface area contributed by atoms with Crippen LogP contribution in [-0.4, -0.2) is 30.2 Å². The third kappa shape index (κ3) is 5.23. The van der Waals surface area contributed by atoms with Crippen LogP contribution >= 0.6 is 12.4 Å². The van der Waals surface area contributed by atoms with Crippen LogP contribution in [0, 0.1) is 0 Å². The highest BCUT2D eigenvalue weighted by Crippen LogP contribution is 2.15. The van der Waals surface area contributed by atoms with E-state index in [1.54, 1.807) is 6.92 Å². The largest absolute Gasteiger partial charge is 0.378 e. The Bertz CT molecular complexity index is 247. The van der Waals surface area contributed by atoms with Gasteiger partial charge in [0.05, 0.1) is 11.6 Å². The van der Waals surface area contributed by atoms with E-state index in [0.29, 0.717) is 0 Å². The highest BCUT2D eigenvalue weighted by Gasteiger charge is 2.30. The van der Waals surface area contributed by atoms with Gasteiger partial charge in [-0.3, -0.25) is 4.79 Å². The molecule has 0 aromatic carbocycles. The quantitative estimate of drug-likeness (QED) is 0.811. The van der Waals surface area contributed by atoms with Gasteiger partial charge in [0.1, 0.15) is 0 Å². The SMILES string of the molecule is CCCC(C)(N)C(=O)NC1CCOC(C)C1.Cl. The van der Waals surface area contributed by atoms with E-state index in [1.165, 1.54) is 0 Å². The van der Waals surface area contributed by atoms with Crippen molar-refractivity contribution in [3.05, 3.63) is 0 Å². The molecule has 102 valence electrons. The summed E-state index contributed by atoms with van der Waals surface area (Å²) >= 11 is 0. The Morgan fingerprint density at radius 2 is 2.24 bits per heavy atom. The number of hydrogen-bond donors (Lipinski definition) is 2. The van der Waals surface area contributed by atoms with Crippen LogP contribution < -0.4 is 11.1 Å². The summed E-state index contributed by atoms with van der Waals surface area (Å²) in [6.45, 7) is 6.59. The molecule has 0 aromatic rings. The zero-order chi connectivity index (χ0) is 12.2. The highest BCUT2D eigenvalue weighted by atomic mass is 35.5. The Labute approximate surface area is 110 Å². The van der Waals surface area contributed by atoms with Crippen LogP contribution in [0.15, 0.2) is 0 Å². The van der Waals surface area contributed by atoms with Crippen molar-refractivity contribution in [2.24, 2.45) is 5.73 Å². The summed E-state index contributed by atoms with van der Waals surface area (Å²) < 4.78 is 5.44. The summed E-state index contributed by atoms with van der Waals surface area (Å²) in [5.41, 5.74) is 5.24. The Morgan fingerprint density at radius 3 is 2.76 bits per heavy atom. The van der Waals surface area contributed by atoms with Crippen LogP contribution in [0.25, 0.3) is 0 Å². The minimum atomic E-state index is -0.740. The minimum Gasteiger partial charge on any atom is -0.378 e. The molecule has 1 heterocycles. The standard InChI is InChI=1S/C12H24N2O2.ClH/c1-4-6-12(3,13)11(15)14-10-5-7-16-9(2)8-10;/h9-10H,4-8,13H2,1-3H3,(H,14,15);1H. The van der Waals surface area contributed by atoms with Crippen LogP contribution in [0.2, 0.25) is 0 Å². The number of carbonyl (C=O) groups excluding carboxylic acids is 1. The molecule has 0 bridgehead atoms. The average Bonchev–Trinajstić information content (AvgIpc) is 2.17. The molecule has 0 aliphatic carbocycles. The topological polar surface area (TPSA) is 64.4 Å². The lowest BCUT2D eigenvalue weighted by molar-refractivity contribution is -0.127. The molecule has 0 aromatic heterocycles. The van der Waals surface area contributed by atoms with Gasteiger partial charge in [0.25, 0.3) is 0 Å². The minimum absolute atomic E-state index is 0. The van der Waals surface area contributed by atoms with Gasteiger partial charge in [0, 0.05) is 12.6 Å². The van der Waals surface area contributed by atoms with Crippen molar-refractivity contribution in [2.75, 3.05) is 6.61 Å². The highest BCUT2D eigenvalue weighted by molar-refractivity contribution is 5.86. The van der Waals surface area contributed by atoms with Crippen molar-refractivity contribution in [1.82, 2.24) is 5.32 Å². The first-order valence-corrected chi connectivity index (χ1v) is 6.17. The maximum atomic E-state index is 12.0. The normalized spacial score (nSPS) is 27.8. The predicted molar refractivity (Wildman–Crippen MR) is 71.3 cm³/mol. The molecular weight excluding hydrogens is 240 g/mol. The fourth-order valence-electron chi connectivity index (χ4n) is 2.11. The van der Waals surface area contributed by atoms with Gasteiger partial charge in [-0.15, -0.1) is 12.4 Å². The Hall–Kier alpha value is -0.320. The predicted octanol–water partition coefficient (Wildman–Crippen LogP) is 1.61. The molecule has 1 amide bonds. The molecular formula is C12H25ClN2O2. The van der Waals surface area contributed by atoms with E-state index in [4.69, 9.17) is 10.5 Å². The summed E-state index contributed by atoms with van der Waals surface area (Å²) in [5, 5.41) is 3.03. The van der Waals surface area contributed by atoms with Crippen LogP contribution in [0.3, 0.4) is 0 Å². The smallest absolute Gasteiger partial charge is 0.240 e. The van der Waals surface area contributed by atoms with Crippen molar-refractivity contribution < 1.29 is 9.53 Å². The molecule has 3 unspecified atom stereocenters. The van der Waals surface area contributed by atoms with Gasteiger partial charge < -0.3 is 15.8 Å². The molecule has 0 saturated carbocycles. The van der Waals surface area contributed by atoms with Crippen LogP contribution in [0.1, 0.15) is 46.5 Å². The molecule has 3 atom stereocenters. The van der Waals surface area contributed by atoms with Gasteiger partial charge in [0.15, 0.2) is 0 Å². The van der Waals surface area contributed by atoms with Crippen molar-refractivity contribution in [3.63, 3.8) is 0 Å². The van der Waals surface area contributed by atoms with E-state index in [2.05, 4.69) is 5.32 Å². The van der Waals surface area contributed by atoms with Crippen molar-refractivity contribution in [1.29, 1.82) is 0 Å². The first-order chi connectivity index (χ1) is 7.45. The molecule has 1 saturated heterocycles. The summed E-state index contributed by atoms with van der Waals surface area (Å²) in [5.74, 6) is -0.0338. The molecule has 1 fully saturated rings. The van der Waals surface area contributed by atoms with Crippen LogP contribution in [-0.2, 0) is 9.53 Å². The van der Waals surface area contributed by atoms with E-state index < -0.39 is 5.54 Å². The number of carbonyl (C=O) groups is 1. The molecule has 0 spiro atoms. The van der Waals surface area contributed by atoms with Crippen molar-refractivity contribution >= 4 is 18.3 Å². The van der Waals surface area contributed by atoms with E-state index >= 15 is 0 Å². The summed E-state index contributed by atoms with van der Waals surface area (Å²) in [6, 6.07) is 0.219. The van der Waals surface area contributed by atoms with Crippen LogP contribution in [0.4, 0.5) is 0 Å². The number of ether oxygens (including phenoxy) is 1. The Balaban J connectivity index is 0.00000256. The third-order valence-corrected chi connectivity index (χ3v) is 3.11. The monoisotopic (exact) mass is 264 g/mol. The van der Waals surface area contributed by atoms with Gasteiger partial charge in [-0.1, -0.05) is 13.3 Å². The molecule has 17 heavy (non-hydrogen) atoms. The van der Waals surface area contributed by atoms with Crippen LogP contribution in [0.5, 0.6) is 0 Å². The molecule has 4 nitrogen and oxygen atoms in total. The van der Waals surface area contributed by atoms with E-state index in [1.807, 2.05) is 13.8 Å². The number of rotatable bonds is 4. The second-order valence-electron chi connectivity index (χ2n) is 5.04. The molecule has 1 aliphatic rings. The number of nitrogens with two attached hydrogens (primary N) is 1. The van der Waals surface area contributed by atoms with Crippen molar-refractivity contribution in [3.8, 4) is 0 Å². The van der Waals surface area contributed by atoms with Gasteiger partial charge >= 0.3 is 0 Å². The Kier molecular flexibility index (Phi) is 7.05. The number of hydrogen-bond acceptors (Lipinski definition) is 3. The van der Waals surface area contributed by atoms with Gasteiger partial charge in [-0.2, -0.15) is 0 Å². The average molecular weight is 265 g/mol. The first kappa shape index (κ1) is 16.7. The maximum Gasteiger partial charge on any atom is 0.240 e. The molecule has 3 N–H and O–H groups in total. The second kappa shape index (κ2) is 7.19. The molecule has 1 aliphatic heterocycles. The Morgan fingerprint density at radius 1 is 1.59 bits per heavy atom. The van der Waals surface area contributed by atoms with E-state index in [-0.39, 0.29) is 30.5 Å². The number of nitrogens with one attached hydrogen (secondary N) is 1. The van der Waals surface area contributed by atoms with Crippen molar-refractivity contribution in [2.45, 2.75) is 64.1 Å². The van der Waals surface area contributed by atoms with E-state index in [9.17, 15) is 4.79 Å². The lowest BCUT2D eigenvalue weighted by Gasteiger charge is -2.31. The number of halogens is 1. The van der Waals surface area contributed by atoms with E-state index in [0.717, 1.165) is 32.3 Å². The molecule has 1 rings (SSSR count).